The van der Waals surface area contributed by atoms with Crippen molar-refractivity contribution in [1.29, 1.82) is 0 Å². The van der Waals surface area contributed by atoms with Gasteiger partial charge in [-0.2, -0.15) is 8.42 Å². The van der Waals surface area contributed by atoms with Gasteiger partial charge in [-0.05, 0) is 12.1 Å². The molecule has 7 heteroatoms. The number of hydrogen-bond donors (Lipinski definition) is 0. The van der Waals surface area contributed by atoms with Crippen LogP contribution in [0.3, 0.4) is 0 Å². The zero-order valence-electron chi connectivity index (χ0n) is 12.3. The predicted octanol–water partition coefficient (Wildman–Crippen LogP) is 1.47. The summed E-state index contributed by atoms with van der Waals surface area (Å²) < 4.78 is 37.0. The molecule has 0 N–H and O–H groups in total. The van der Waals surface area contributed by atoms with E-state index < -0.39 is 22.2 Å². The average molecular weight is 316 g/mol. The minimum Gasteiger partial charge on any atom is -0.459 e. The summed E-state index contributed by atoms with van der Waals surface area (Å²) >= 11 is 0. The van der Waals surface area contributed by atoms with Crippen LogP contribution < -0.4 is 0 Å². The molecule has 2 atom stereocenters. The minimum atomic E-state index is -3.50. The molecule has 1 aromatic rings. The van der Waals surface area contributed by atoms with Crippen molar-refractivity contribution >= 4 is 16.1 Å². The number of hydrogen-bond acceptors (Lipinski definition) is 6. The highest BCUT2D eigenvalue weighted by molar-refractivity contribution is 7.85. The molecule has 1 rings (SSSR count). The maximum absolute atomic E-state index is 11.8. The number of rotatable bonds is 8. The van der Waals surface area contributed by atoms with Gasteiger partial charge in [0, 0.05) is 13.0 Å². The van der Waals surface area contributed by atoms with Gasteiger partial charge in [-0.25, -0.2) is 4.79 Å². The largest absolute Gasteiger partial charge is 0.459 e. The van der Waals surface area contributed by atoms with Crippen molar-refractivity contribution in [2.45, 2.75) is 13.0 Å². The summed E-state index contributed by atoms with van der Waals surface area (Å²) in [6, 6.07) is 8.60. The third-order valence-corrected chi connectivity index (χ3v) is 3.43. The van der Waals surface area contributed by atoms with Crippen molar-refractivity contribution in [3.63, 3.8) is 0 Å². The summed E-state index contributed by atoms with van der Waals surface area (Å²) in [4.78, 5) is 11.8. The Morgan fingerprint density at radius 2 is 1.81 bits per heavy atom. The molecule has 0 saturated heterocycles. The molecule has 0 aromatic heterocycles. The highest BCUT2D eigenvalue weighted by Crippen LogP contribution is 2.11. The second-order valence-corrected chi connectivity index (χ2v) is 6.35. The van der Waals surface area contributed by atoms with Crippen LogP contribution in [-0.4, -0.2) is 47.1 Å². The van der Waals surface area contributed by atoms with Crippen LogP contribution >= 0.6 is 0 Å². The Bertz CT molecular complexity index is 540. The average Bonchev–Trinajstić information content (AvgIpc) is 2.45. The van der Waals surface area contributed by atoms with E-state index in [-0.39, 0.29) is 19.1 Å². The fraction of sp³-hybridized carbons (Fsp3) is 0.500. The maximum atomic E-state index is 11.8. The molecule has 21 heavy (non-hydrogen) atoms. The van der Waals surface area contributed by atoms with E-state index in [2.05, 4.69) is 0 Å². The molecule has 0 bridgehead atoms. The summed E-state index contributed by atoms with van der Waals surface area (Å²) in [6.45, 7) is 1.76. The van der Waals surface area contributed by atoms with Gasteiger partial charge in [0.1, 0.15) is 6.61 Å². The number of carbonyl (C=O) groups excluding carboxylic acids is 1. The van der Waals surface area contributed by atoms with Crippen LogP contribution in [0.2, 0.25) is 0 Å². The Labute approximate surface area is 125 Å². The lowest BCUT2D eigenvalue weighted by atomic mass is 10.1. The molecule has 0 radical (unpaired) electrons. The summed E-state index contributed by atoms with van der Waals surface area (Å²) in [6.07, 6.45) is 0.538. The molecule has 0 aliphatic carbocycles. The van der Waals surface area contributed by atoms with Crippen molar-refractivity contribution in [3.8, 4) is 0 Å². The van der Waals surface area contributed by atoms with Crippen LogP contribution in [0, 0.1) is 5.92 Å². The van der Waals surface area contributed by atoms with Crippen LogP contribution in [0.1, 0.15) is 17.3 Å². The molecule has 0 unspecified atom stereocenters. The Morgan fingerprint density at radius 3 is 2.33 bits per heavy atom. The monoisotopic (exact) mass is 316 g/mol. The van der Waals surface area contributed by atoms with Gasteiger partial charge in [0.2, 0.25) is 0 Å². The molecule has 6 nitrogen and oxygen atoms in total. The number of methoxy groups -OCH3 is 1. The number of esters is 1. The van der Waals surface area contributed by atoms with E-state index in [1.165, 1.54) is 7.11 Å². The van der Waals surface area contributed by atoms with Crippen molar-refractivity contribution in [2.75, 3.05) is 26.6 Å². The predicted molar refractivity (Wildman–Crippen MR) is 77.5 cm³/mol. The third-order valence-electron chi connectivity index (χ3n) is 2.87. The normalized spacial score (nSPS) is 14.4. The number of carbonyl (C=O) groups is 1. The third kappa shape index (κ3) is 6.70. The molecule has 0 spiro atoms. The lowest BCUT2D eigenvalue weighted by molar-refractivity contribution is -0.0179. The van der Waals surface area contributed by atoms with Crippen molar-refractivity contribution in [1.82, 2.24) is 0 Å². The van der Waals surface area contributed by atoms with E-state index in [0.717, 1.165) is 6.26 Å². The molecule has 0 aliphatic rings. The fourth-order valence-electron chi connectivity index (χ4n) is 1.62. The first-order valence-corrected chi connectivity index (χ1v) is 8.24. The van der Waals surface area contributed by atoms with Gasteiger partial charge >= 0.3 is 5.97 Å². The van der Waals surface area contributed by atoms with Gasteiger partial charge in [-0.3, -0.25) is 4.18 Å². The molecule has 0 amide bonds. The van der Waals surface area contributed by atoms with E-state index in [0.29, 0.717) is 5.56 Å². The Kier molecular flexibility index (Phi) is 6.80. The lowest BCUT2D eigenvalue weighted by Gasteiger charge is -2.21. The quantitative estimate of drug-likeness (QED) is 0.534. The second-order valence-electron chi connectivity index (χ2n) is 4.70. The first-order chi connectivity index (χ1) is 9.83. The van der Waals surface area contributed by atoms with Crippen molar-refractivity contribution in [3.05, 3.63) is 35.9 Å². The summed E-state index contributed by atoms with van der Waals surface area (Å²) in [5, 5.41) is 0. The molecular weight excluding hydrogens is 296 g/mol. The summed E-state index contributed by atoms with van der Waals surface area (Å²) in [5.74, 6) is -0.692. The highest BCUT2D eigenvalue weighted by Gasteiger charge is 2.21. The van der Waals surface area contributed by atoms with E-state index in [1.54, 1.807) is 37.3 Å². The highest BCUT2D eigenvalue weighted by atomic mass is 32.2. The van der Waals surface area contributed by atoms with Crippen LogP contribution in [-0.2, 0) is 23.8 Å². The molecule has 0 fully saturated rings. The minimum absolute atomic E-state index is 0.0263. The van der Waals surface area contributed by atoms with E-state index in [1.807, 2.05) is 0 Å². The van der Waals surface area contributed by atoms with Gasteiger partial charge in [-0.1, -0.05) is 25.1 Å². The first kappa shape index (κ1) is 17.6. The van der Waals surface area contributed by atoms with Gasteiger partial charge in [0.15, 0.2) is 0 Å². The lowest BCUT2D eigenvalue weighted by Crippen LogP contribution is -2.31. The SMILES string of the molecule is CO[C@@H](COC(=O)c1ccccc1)[C@@H](C)COS(C)(=O)=O. The van der Waals surface area contributed by atoms with Crippen molar-refractivity contribution in [2.24, 2.45) is 5.92 Å². The van der Waals surface area contributed by atoms with E-state index in [4.69, 9.17) is 13.7 Å². The summed E-state index contributed by atoms with van der Waals surface area (Å²) in [7, 11) is -2.03. The molecule has 0 saturated carbocycles. The maximum Gasteiger partial charge on any atom is 0.338 e. The second kappa shape index (κ2) is 8.11. The topological polar surface area (TPSA) is 78.9 Å². The number of benzene rings is 1. The standard InChI is InChI=1S/C14H20O6S/c1-11(9-20-21(3,16)17)13(18-2)10-19-14(15)12-7-5-4-6-8-12/h4-8,11,13H,9-10H2,1-3H3/t11-,13-/m0/s1. The zero-order chi connectivity index (χ0) is 15.9. The van der Waals surface area contributed by atoms with Crippen LogP contribution in [0.5, 0.6) is 0 Å². The molecule has 0 aliphatic heterocycles. The van der Waals surface area contributed by atoms with Gasteiger partial charge in [0.25, 0.3) is 10.1 Å². The zero-order valence-corrected chi connectivity index (χ0v) is 13.1. The van der Waals surface area contributed by atoms with Crippen LogP contribution in [0.15, 0.2) is 30.3 Å². The molecule has 1 aromatic carbocycles. The van der Waals surface area contributed by atoms with Gasteiger partial charge in [0.05, 0.1) is 24.5 Å². The summed E-state index contributed by atoms with van der Waals surface area (Å²) in [5.41, 5.74) is 0.451. The molecule has 118 valence electrons. The van der Waals surface area contributed by atoms with Gasteiger partial charge < -0.3 is 9.47 Å². The fourth-order valence-corrected chi connectivity index (χ4v) is 2.08. The van der Waals surface area contributed by atoms with E-state index >= 15 is 0 Å². The van der Waals surface area contributed by atoms with Crippen LogP contribution in [0.4, 0.5) is 0 Å². The Balaban J connectivity index is 2.48. The van der Waals surface area contributed by atoms with Gasteiger partial charge in [-0.15, -0.1) is 0 Å². The van der Waals surface area contributed by atoms with E-state index in [9.17, 15) is 13.2 Å². The first-order valence-electron chi connectivity index (χ1n) is 6.43. The number of ether oxygens (including phenoxy) is 2. The van der Waals surface area contributed by atoms with Crippen molar-refractivity contribution < 1.29 is 26.9 Å². The van der Waals surface area contributed by atoms with Crippen LogP contribution in [0.25, 0.3) is 0 Å². The Morgan fingerprint density at radius 1 is 1.19 bits per heavy atom. The molecular formula is C14H20O6S. The Hall–Kier alpha value is -1.44. The smallest absolute Gasteiger partial charge is 0.338 e. The molecule has 0 heterocycles.